The van der Waals surface area contributed by atoms with Crippen LogP contribution in [0.15, 0.2) is 24.3 Å². The van der Waals surface area contributed by atoms with Crippen LogP contribution in [0.4, 0.5) is 4.39 Å². The second kappa shape index (κ2) is 5.96. The van der Waals surface area contributed by atoms with Crippen molar-refractivity contribution in [2.75, 3.05) is 6.61 Å². The Hall–Kier alpha value is -1.42. The van der Waals surface area contributed by atoms with E-state index in [1.807, 2.05) is 0 Å². The van der Waals surface area contributed by atoms with E-state index in [1.165, 1.54) is 12.1 Å². The van der Waals surface area contributed by atoms with Gasteiger partial charge in [-0.25, -0.2) is 4.39 Å². The number of carbonyl (C=O) groups excluding carboxylic acids is 1. The summed E-state index contributed by atoms with van der Waals surface area (Å²) in [6.07, 6.45) is 0.456. The quantitative estimate of drug-likeness (QED) is 0.821. The molecule has 1 aromatic carbocycles. The van der Waals surface area contributed by atoms with E-state index in [1.54, 1.807) is 32.9 Å². The van der Waals surface area contributed by atoms with Gasteiger partial charge < -0.3 is 10.5 Å². The lowest BCUT2D eigenvalue weighted by molar-refractivity contribution is -0.154. The van der Waals surface area contributed by atoms with Crippen LogP contribution in [-0.4, -0.2) is 12.6 Å². The average Bonchev–Trinajstić information content (AvgIpc) is 2.29. The Morgan fingerprint density at radius 1 is 1.39 bits per heavy atom. The average molecular weight is 253 g/mol. The molecule has 0 heterocycles. The number of halogens is 1. The van der Waals surface area contributed by atoms with Crippen molar-refractivity contribution in [1.29, 1.82) is 0 Å². The van der Waals surface area contributed by atoms with Crippen molar-refractivity contribution < 1.29 is 13.9 Å². The molecular formula is C14H20FNO2. The molecule has 0 bridgehead atoms. The first-order valence-electron chi connectivity index (χ1n) is 6.05. The Balaban J connectivity index is 2.71. The lowest BCUT2D eigenvalue weighted by atomic mass is 9.84. The molecular weight excluding hydrogens is 233 g/mol. The second-order valence-corrected chi connectivity index (χ2v) is 4.97. The summed E-state index contributed by atoms with van der Waals surface area (Å²) >= 11 is 0. The normalized spacial score (nSPS) is 13.2. The van der Waals surface area contributed by atoms with Gasteiger partial charge in [-0.05, 0) is 44.9 Å². The number of ether oxygens (including phenoxy) is 1. The standard InChI is InChI=1S/C14H20FNO2/c1-4-18-13(17)14(2,3)9-12(16)10-5-7-11(15)8-6-10/h5-8,12H,4,9,16H2,1-3H3. The molecule has 18 heavy (non-hydrogen) atoms. The van der Waals surface area contributed by atoms with Gasteiger partial charge in [0.05, 0.1) is 12.0 Å². The van der Waals surface area contributed by atoms with Crippen molar-refractivity contribution >= 4 is 5.97 Å². The SMILES string of the molecule is CCOC(=O)C(C)(C)CC(N)c1ccc(F)cc1. The van der Waals surface area contributed by atoms with Crippen molar-refractivity contribution in [3.63, 3.8) is 0 Å². The minimum Gasteiger partial charge on any atom is -0.466 e. The second-order valence-electron chi connectivity index (χ2n) is 4.97. The Bertz CT molecular complexity index is 401. The minimum atomic E-state index is -0.649. The van der Waals surface area contributed by atoms with Crippen LogP contribution < -0.4 is 5.73 Å². The monoisotopic (exact) mass is 253 g/mol. The van der Waals surface area contributed by atoms with E-state index in [0.29, 0.717) is 13.0 Å². The zero-order valence-electron chi connectivity index (χ0n) is 11.1. The lowest BCUT2D eigenvalue weighted by Crippen LogP contribution is -2.31. The third kappa shape index (κ3) is 3.81. The summed E-state index contributed by atoms with van der Waals surface area (Å²) in [5.74, 6) is -0.557. The third-order valence-electron chi connectivity index (χ3n) is 2.86. The van der Waals surface area contributed by atoms with Gasteiger partial charge in [-0.15, -0.1) is 0 Å². The van der Waals surface area contributed by atoms with Gasteiger partial charge in [0.25, 0.3) is 0 Å². The van der Waals surface area contributed by atoms with Gasteiger partial charge in [-0.2, -0.15) is 0 Å². The third-order valence-corrected chi connectivity index (χ3v) is 2.86. The largest absolute Gasteiger partial charge is 0.466 e. The van der Waals surface area contributed by atoms with Crippen molar-refractivity contribution in [2.24, 2.45) is 11.1 Å². The topological polar surface area (TPSA) is 52.3 Å². The van der Waals surface area contributed by atoms with Gasteiger partial charge in [0.1, 0.15) is 5.82 Å². The molecule has 0 fully saturated rings. The molecule has 4 heteroatoms. The fourth-order valence-corrected chi connectivity index (χ4v) is 1.79. The molecule has 1 rings (SSSR count). The molecule has 0 aromatic heterocycles. The molecule has 0 saturated carbocycles. The van der Waals surface area contributed by atoms with E-state index < -0.39 is 5.41 Å². The number of nitrogens with two attached hydrogens (primary N) is 1. The molecule has 0 amide bonds. The maximum atomic E-state index is 12.8. The Morgan fingerprint density at radius 3 is 2.44 bits per heavy atom. The van der Waals surface area contributed by atoms with Crippen molar-refractivity contribution in [1.82, 2.24) is 0 Å². The zero-order chi connectivity index (χ0) is 13.8. The number of rotatable bonds is 5. The van der Waals surface area contributed by atoms with Crippen molar-refractivity contribution in [3.05, 3.63) is 35.6 Å². The van der Waals surface area contributed by atoms with E-state index >= 15 is 0 Å². The van der Waals surface area contributed by atoms with E-state index in [2.05, 4.69) is 0 Å². The summed E-state index contributed by atoms with van der Waals surface area (Å²) in [6.45, 7) is 5.73. The minimum absolute atomic E-state index is 0.262. The number of hydrogen-bond donors (Lipinski definition) is 1. The number of carbonyl (C=O) groups is 1. The Morgan fingerprint density at radius 2 is 1.94 bits per heavy atom. The predicted octanol–water partition coefficient (Wildman–Crippen LogP) is 2.80. The molecule has 0 saturated heterocycles. The maximum absolute atomic E-state index is 12.8. The van der Waals surface area contributed by atoms with E-state index in [9.17, 15) is 9.18 Å². The summed E-state index contributed by atoms with van der Waals surface area (Å²) in [7, 11) is 0. The van der Waals surface area contributed by atoms with E-state index in [0.717, 1.165) is 5.56 Å². The molecule has 3 nitrogen and oxygen atoms in total. The number of benzene rings is 1. The fraction of sp³-hybridized carbons (Fsp3) is 0.500. The fourth-order valence-electron chi connectivity index (χ4n) is 1.79. The van der Waals surface area contributed by atoms with E-state index in [4.69, 9.17) is 10.5 Å². The highest BCUT2D eigenvalue weighted by Gasteiger charge is 2.31. The molecule has 0 aliphatic rings. The predicted molar refractivity (Wildman–Crippen MR) is 68.4 cm³/mol. The molecule has 0 aliphatic heterocycles. The van der Waals surface area contributed by atoms with Crippen LogP contribution in [0.1, 0.15) is 38.8 Å². The Labute approximate surface area is 107 Å². The Kier molecular flexibility index (Phi) is 4.84. The first-order valence-corrected chi connectivity index (χ1v) is 6.05. The molecule has 1 aromatic rings. The highest BCUT2D eigenvalue weighted by atomic mass is 19.1. The van der Waals surface area contributed by atoms with Gasteiger partial charge >= 0.3 is 5.97 Å². The molecule has 1 atom stereocenters. The molecule has 0 spiro atoms. The lowest BCUT2D eigenvalue weighted by Gasteiger charge is -2.25. The van der Waals surface area contributed by atoms with Gasteiger partial charge in [-0.3, -0.25) is 4.79 Å². The number of hydrogen-bond acceptors (Lipinski definition) is 3. The zero-order valence-corrected chi connectivity index (χ0v) is 11.1. The summed E-state index contributed by atoms with van der Waals surface area (Å²) < 4.78 is 17.8. The first kappa shape index (κ1) is 14.6. The molecule has 2 N–H and O–H groups in total. The van der Waals surface area contributed by atoms with Crippen LogP contribution in [0.2, 0.25) is 0 Å². The smallest absolute Gasteiger partial charge is 0.311 e. The molecule has 1 unspecified atom stereocenters. The van der Waals surface area contributed by atoms with Crippen molar-refractivity contribution in [3.8, 4) is 0 Å². The highest BCUT2D eigenvalue weighted by Crippen LogP contribution is 2.29. The van der Waals surface area contributed by atoms with Crippen LogP contribution >= 0.6 is 0 Å². The van der Waals surface area contributed by atoms with Gasteiger partial charge in [0, 0.05) is 6.04 Å². The van der Waals surface area contributed by atoms with Crippen LogP contribution in [-0.2, 0) is 9.53 Å². The van der Waals surface area contributed by atoms with Gasteiger partial charge in [-0.1, -0.05) is 12.1 Å². The van der Waals surface area contributed by atoms with Crippen LogP contribution in [0, 0.1) is 11.2 Å². The maximum Gasteiger partial charge on any atom is 0.311 e. The highest BCUT2D eigenvalue weighted by molar-refractivity contribution is 5.75. The van der Waals surface area contributed by atoms with Crippen LogP contribution in [0.25, 0.3) is 0 Å². The van der Waals surface area contributed by atoms with Crippen LogP contribution in [0.5, 0.6) is 0 Å². The molecule has 100 valence electrons. The molecule has 0 aliphatic carbocycles. The first-order chi connectivity index (χ1) is 8.36. The summed E-state index contributed by atoms with van der Waals surface area (Å²) in [5.41, 5.74) is 6.20. The summed E-state index contributed by atoms with van der Waals surface area (Å²) in [4.78, 5) is 11.7. The van der Waals surface area contributed by atoms with Gasteiger partial charge in [0.2, 0.25) is 0 Å². The van der Waals surface area contributed by atoms with Crippen molar-refractivity contribution in [2.45, 2.75) is 33.2 Å². The number of esters is 1. The van der Waals surface area contributed by atoms with Gasteiger partial charge in [0.15, 0.2) is 0 Å². The summed E-state index contributed by atoms with van der Waals surface area (Å²) in [6, 6.07) is 5.70. The van der Waals surface area contributed by atoms with E-state index in [-0.39, 0.29) is 17.8 Å². The summed E-state index contributed by atoms with van der Waals surface area (Å²) in [5, 5.41) is 0. The van der Waals surface area contributed by atoms with Crippen LogP contribution in [0.3, 0.4) is 0 Å². The molecule has 0 radical (unpaired) electrons.